The summed E-state index contributed by atoms with van der Waals surface area (Å²) < 4.78 is 6.81. The van der Waals surface area contributed by atoms with Gasteiger partial charge in [-0.1, -0.05) is 30.3 Å². The van der Waals surface area contributed by atoms with Crippen LogP contribution in [0.1, 0.15) is 36.9 Å². The monoisotopic (exact) mass is 381 g/mol. The van der Waals surface area contributed by atoms with E-state index in [9.17, 15) is 9.90 Å². The molecule has 0 amide bonds. The Morgan fingerprint density at radius 1 is 1.26 bits per heavy atom. The van der Waals surface area contributed by atoms with Crippen LogP contribution in [0.25, 0.3) is 10.1 Å². The Labute approximate surface area is 163 Å². The van der Waals surface area contributed by atoms with Crippen LogP contribution >= 0.6 is 11.3 Å². The minimum atomic E-state index is -0.733. The highest BCUT2D eigenvalue weighted by molar-refractivity contribution is 7.17. The van der Waals surface area contributed by atoms with Gasteiger partial charge in [-0.25, -0.2) is 0 Å². The summed E-state index contributed by atoms with van der Waals surface area (Å²) in [5.74, 6) is 0.106. The third-order valence-electron chi connectivity index (χ3n) is 5.22. The van der Waals surface area contributed by atoms with Crippen LogP contribution in [0.2, 0.25) is 0 Å². The van der Waals surface area contributed by atoms with Gasteiger partial charge in [0.15, 0.2) is 0 Å². The third-order valence-corrected chi connectivity index (χ3v) is 6.20. The van der Waals surface area contributed by atoms with E-state index in [2.05, 4.69) is 34.5 Å². The van der Waals surface area contributed by atoms with Crippen molar-refractivity contribution in [2.24, 2.45) is 0 Å². The third kappa shape index (κ3) is 3.45. The molecular weight excluding hydrogens is 358 g/mol. The van der Waals surface area contributed by atoms with Crippen LogP contribution in [0.15, 0.2) is 53.9 Å². The molecule has 5 heteroatoms. The number of nitrogens with zero attached hydrogens (tertiary/aromatic N) is 1. The van der Waals surface area contributed by atoms with Crippen LogP contribution in [-0.2, 0) is 4.79 Å². The van der Waals surface area contributed by atoms with Gasteiger partial charge in [0.2, 0.25) is 0 Å². The normalized spacial score (nSPS) is 18.6. The molecule has 1 aliphatic rings. The van der Waals surface area contributed by atoms with Gasteiger partial charge >= 0.3 is 5.97 Å². The van der Waals surface area contributed by atoms with Gasteiger partial charge in [0.05, 0.1) is 12.6 Å². The molecule has 4 nitrogen and oxygen atoms in total. The lowest BCUT2D eigenvalue weighted by atomic mass is 9.95. The highest BCUT2D eigenvalue weighted by Gasteiger charge is 2.37. The lowest BCUT2D eigenvalue weighted by Crippen LogP contribution is -2.39. The molecule has 3 aromatic rings. The standard InChI is InChI=1S/C22H23NO3S/c1-2-26-16-11-9-15(10-12-16)21(23-13-5-7-19(23)22(24)25)18-14-27-20-8-4-3-6-17(18)20/h3-4,6,8-12,14,19,21H,2,5,7,13H2,1H3,(H,24,25). The first-order chi connectivity index (χ1) is 13.2. The number of rotatable bonds is 6. The van der Waals surface area contributed by atoms with E-state index in [1.807, 2.05) is 31.2 Å². The van der Waals surface area contributed by atoms with Gasteiger partial charge in [-0.05, 0) is 59.9 Å². The molecule has 0 bridgehead atoms. The van der Waals surface area contributed by atoms with Crippen molar-refractivity contribution in [1.82, 2.24) is 4.90 Å². The summed E-state index contributed by atoms with van der Waals surface area (Å²) in [6.07, 6.45) is 1.61. The van der Waals surface area contributed by atoms with Gasteiger partial charge in [-0.2, -0.15) is 0 Å². The van der Waals surface area contributed by atoms with E-state index in [0.717, 1.165) is 24.3 Å². The summed E-state index contributed by atoms with van der Waals surface area (Å²) >= 11 is 1.72. The Morgan fingerprint density at radius 2 is 2.04 bits per heavy atom. The maximum atomic E-state index is 11.9. The maximum absolute atomic E-state index is 11.9. The molecule has 1 N–H and O–H groups in total. The Morgan fingerprint density at radius 3 is 2.78 bits per heavy atom. The van der Waals surface area contributed by atoms with Crippen LogP contribution in [0.4, 0.5) is 0 Å². The van der Waals surface area contributed by atoms with Gasteiger partial charge in [0.1, 0.15) is 11.8 Å². The molecule has 4 rings (SSSR count). The van der Waals surface area contributed by atoms with Crippen molar-refractivity contribution in [2.75, 3.05) is 13.2 Å². The number of fused-ring (bicyclic) bond motifs is 1. The van der Waals surface area contributed by atoms with E-state index in [-0.39, 0.29) is 6.04 Å². The number of hydrogen-bond donors (Lipinski definition) is 1. The summed E-state index contributed by atoms with van der Waals surface area (Å²) in [5.41, 5.74) is 2.29. The second-order valence-corrected chi connectivity index (χ2v) is 7.74. The van der Waals surface area contributed by atoms with Crippen molar-refractivity contribution in [2.45, 2.75) is 31.8 Å². The number of aliphatic carboxylic acids is 1. The summed E-state index contributed by atoms with van der Waals surface area (Å²) in [4.78, 5) is 14.0. The number of carboxylic acids is 1. The van der Waals surface area contributed by atoms with Gasteiger partial charge in [-0.15, -0.1) is 11.3 Å². The molecule has 0 radical (unpaired) electrons. The number of likely N-dealkylation sites (tertiary alicyclic amines) is 1. The Kier molecular flexibility index (Phi) is 5.14. The molecule has 0 aliphatic carbocycles. The second kappa shape index (κ2) is 7.71. The molecule has 1 saturated heterocycles. The van der Waals surface area contributed by atoms with E-state index in [0.29, 0.717) is 13.0 Å². The Hall–Kier alpha value is -2.37. The predicted molar refractivity (Wildman–Crippen MR) is 109 cm³/mol. The van der Waals surface area contributed by atoms with Gasteiger partial charge in [0, 0.05) is 11.2 Å². The Balaban J connectivity index is 1.81. The molecule has 2 aromatic carbocycles. The zero-order chi connectivity index (χ0) is 18.8. The topological polar surface area (TPSA) is 49.8 Å². The average Bonchev–Trinajstić information content (AvgIpc) is 3.32. The number of benzene rings is 2. The maximum Gasteiger partial charge on any atom is 0.320 e. The summed E-state index contributed by atoms with van der Waals surface area (Å²) in [6.45, 7) is 3.39. The zero-order valence-corrected chi connectivity index (χ0v) is 16.1. The smallest absolute Gasteiger partial charge is 0.320 e. The van der Waals surface area contributed by atoms with E-state index >= 15 is 0 Å². The first-order valence-electron chi connectivity index (χ1n) is 9.36. The molecule has 2 unspecified atom stereocenters. The van der Waals surface area contributed by atoms with Gasteiger partial charge in [0.25, 0.3) is 0 Å². The fourth-order valence-corrected chi connectivity index (χ4v) is 5.02. The summed E-state index contributed by atoms with van der Waals surface area (Å²) in [5, 5.41) is 13.1. The van der Waals surface area contributed by atoms with Crippen molar-refractivity contribution in [3.63, 3.8) is 0 Å². The molecule has 1 fully saturated rings. The van der Waals surface area contributed by atoms with Crippen molar-refractivity contribution >= 4 is 27.4 Å². The molecule has 1 aromatic heterocycles. The van der Waals surface area contributed by atoms with Gasteiger partial charge in [-0.3, -0.25) is 9.69 Å². The van der Waals surface area contributed by atoms with Crippen LogP contribution in [0.3, 0.4) is 0 Å². The highest BCUT2D eigenvalue weighted by atomic mass is 32.1. The number of ether oxygens (including phenoxy) is 1. The lowest BCUT2D eigenvalue weighted by molar-refractivity contribution is -0.142. The van der Waals surface area contributed by atoms with Crippen molar-refractivity contribution in [3.05, 3.63) is 65.0 Å². The summed E-state index contributed by atoms with van der Waals surface area (Å²) in [6, 6.07) is 15.9. The summed E-state index contributed by atoms with van der Waals surface area (Å²) in [7, 11) is 0. The quantitative estimate of drug-likeness (QED) is 0.657. The van der Waals surface area contributed by atoms with E-state index in [4.69, 9.17) is 4.74 Å². The molecule has 1 aliphatic heterocycles. The van der Waals surface area contributed by atoms with Gasteiger partial charge < -0.3 is 9.84 Å². The molecule has 2 atom stereocenters. The first-order valence-corrected chi connectivity index (χ1v) is 10.2. The lowest BCUT2D eigenvalue weighted by Gasteiger charge is -2.31. The number of carboxylic acid groups (broad SMARTS) is 1. The minimum absolute atomic E-state index is 0.0690. The largest absolute Gasteiger partial charge is 0.494 e. The van der Waals surface area contributed by atoms with Crippen LogP contribution < -0.4 is 4.74 Å². The van der Waals surface area contributed by atoms with Crippen LogP contribution in [0, 0.1) is 0 Å². The SMILES string of the molecule is CCOc1ccc(C(c2csc3ccccc23)N2CCCC2C(=O)O)cc1. The predicted octanol–water partition coefficient (Wildman–Crippen LogP) is 4.94. The van der Waals surface area contributed by atoms with Crippen molar-refractivity contribution in [1.29, 1.82) is 0 Å². The van der Waals surface area contributed by atoms with E-state index < -0.39 is 12.0 Å². The number of thiophene rings is 1. The van der Waals surface area contributed by atoms with E-state index in [1.54, 1.807) is 11.3 Å². The van der Waals surface area contributed by atoms with Crippen molar-refractivity contribution in [3.8, 4) is 5.75 Å². The van der Waals surface area contributed by atoms with Crippen molar-refractivity contribution < 1.29 is 14.6 Å². The number of hydrogen-bond acceptors (Lipinski definition) is 4. The van der Waals surface area contributed by atoms with E-state index in [1.165, 1.54) is 15.6 Å². The Bertz CT molecular complexity index is 934. The zero-order valence-electron chi connectivity index (χ0n) is 15.3. The molecule has 140 valence electrons. The van der Waals surface area contributed by atoms with Crippen LogP contribution in [-0.4, -0.2) is 35.2 Å². The molecular formula is C22H23NO3S. The fraction of sp³-hybridized carbons (Fsp3) is 0.318. The number of carbonyl (C=O) groups is 1. The van der Waals surface area contributed by atoms with Crippen LogP contribution in [0.5, 0.6) is 5.75 Å². The highest BCUT2D eigenvalue weighted by Crippen LogP contribution is 2.40. The second-order valence-electron chi connectivity index (χ2n) is 6.83. The average molecular weight is 381 g/mol. The fourth-order valence-electron chi connectivity index (χ4n) is 4.04. The first kappa shape index (κ1) is 18.0. The molecule has 27 heavy (non-hydrogen) atoms. The minimum Gasteiger partial charge on any atom is -0.494 e. The molecule has 0 spiro atoms. The molecule has 0 saturated carbocycles. The molecule has 2 heterocycles.